The van der Waals surface area contributed by atoms with Crippen LogP contribution in [0.4, 0.5) is 0 Å². The van der Waals surface area contributed by atoms with Gasteiger partial charge in [0, 0.05) is 6.20 Å². The van der Waals surface area contributed by atoms with Crippen molar-refractivity contribution >= 4 is 21.6 Å². The van der Waals surface area contributed by atoms with Gasteiger partial charge in [0.1, 0.15) is 10.1 Å². The molecule has 0 spiro atoms. The Morgan fingerprint density at radius 2 is 2.29 bits per heavy atom. The normalized spacial score (nSPS) is 10.7. The van der Waals surface area contributed by atoms with Crippen LogP contribution in [-0.4, -0.2) is 9.38 Å². The molecule has 0 amide bonds. The molecule has 0 atom stereocenters. The summed E-state index contributed by atoms with van der Waals surface area (Å²) in [4.78, 5) is 16.2. The van der Waals surface area contributed by atoms with E-state index in [0.717, 1.165) is 12.1 Å². The van der Waals surface area contributed by atoms with E-state index in [0.29, 0.717) is 10.1 Å². The number of fused-ring (bicyclic) bond motifs is 1. The predicted molar refractivity (Wildman–Crippen MR) is 58.5 cm³/mol. The molecular weight excluding hydrogens is 244 g/mol. The molecule has 4 heteroatoms. The van der Waals surface area contributed by atoms with Gasteiger partial charge in [0.2, 0.25) is 0 Å². The minimum atomic E-state index is -0.0487. The highest BCUT2D eigenvalue weighted by Gasteiger charge is 2.07. The Bertz CT molecular complexity index is 533. The molecule has 14 heavy (non-hydrogen) atoms. The van der Waals surface area contributed by atoms with Crippen LogP contribution in [0.15, 0.2) is 33.7 Å². The fourth-order valence-corrected chi connectivity index (χ4v) is 1.91. The third-order valence-electron chi connectivity index (χ3n) is 2.08. The van der Waals surface area contributed by atoms with E-state index in [-0.39, 0.29) is 5.56 Å². The van der Waals surface area contributed by atoms with Crippen molar-refractivity contribution in [2.75, 3.05) is 0 Å². The second-order valence-electron chi connectivity index (χ2n) is 2.96. The van der Waals surface area contributed by atoms with Crippen molar-refractivity contribution < 1.29 is 0 Å². The van der Waals surface area contributed by atoms with Crippen molar-refractivity contribution in [2.24, 2.45) is 0 Å². The molecule has 2 heterocycles. The van der Waals surface area contributed by atoms with E-state index in [9.17, 15) is 4.79 Å². The maximum Gasteiger partial charge on any atom is 0.272 e. The quantitative estimate of drug-likeness (QED) is 0.779. The van der Waals surface area contributed by atoms with Crippen LogP contribution in [-0.2, 0) is 6.42 Å². The first-order valence-electron chi connectivity index (χ1n) is 4.40. The molecule has 0 aliphatic rings. The van der Waals surface area contributed by atoms with Crippen LogP contribution in [0.25, 0.3) is 5.65 Å². The third-order valence-corrected chi connectivity index (χ3v) is 2.88. The monoisotopic (exact) mass is 252 g/mol. The van der Waals surface area contributed by atoms with Crippen LogP contribution in [0, 0.1) is 0 Å². The van der Waals surface area contributed by atoms with Gasteiger partial charge in [-0.25, -0.2) is 4.98 Å². The molecule has 2 aromatic rings. The van der Waals surface area contributed by atoms with Gasteiger partial charge < -0.3 is 0 Å². The van der Waals surface area contributed by atoms with Crippen molar-refractivity contribution in [3.05, 3.63) is 44.9 Å². The van der Waals surface area contributed by atoms with Gasteiger partial charge in [-0.15, -0.1) is 0 Å². The van der Waals surface area contributed by atoms with Gasteiger partial charge in [-0.1, -0.05) is 13.0 Å². The van der Waals surface area contributed by atoms with Crippen molar-refractivity contribution in [2.45, 2.75) is 13.3 Å². The maximum absolute atomic E-state index is 11.8. The van der Waals surface area contributed by atoms with Gasteiger partial charge in [0.05, 0.1) is 5.69 Å². The molecule has 0 unspecified atom stereocenters. The Morgan fingerprint density at radius 3 is 3.00 bits per heavy atom. The van der Waals surface area contributed by atoms with E-state index >= 15 is 0 Å². The van der Waals surface area contributed by atoms with Crippen molar-refractivity contribution in [3.8, 4) is 0 Å². The van der Waals surface area contributed by atoms with Gasteiger partial charge in [-0.05, 0) is 34.5 Å². The first-order valence-corrected chi connectivity index (χ1v) is 5.19. The number of hydrogen-bond acceptors (Lipinski definition) is 2. The highest BCUT2D eigenvalue weighted by molar-refractivity contribution is 9.10. The number of nitrogens with zero attached hydrogens (tertiary/aromatic N) is 2. The van der Waals surface area contributed by atoms with Crippen LogP contribution in [0.5, 0.6) is 0 Å². The van der Waals surface area contributed by atoms with Gasteiger partial charge in [-0.2, -0.15) is 0 Å². The van der Waals surface area contributed by atoms with Gasteiger partial charge in [0.25, 0.3) is 5.56 Å². The summed E-state index contributed by atoms with van der Waals surface area (Å²) in [6.07, 6.45) is 2.47. The minimum absolute atomic E-state index is 0.0487. The zero-order valence-corrected chi connectivity index (χ0v) is 9.28. The number of aryl methyl sites for hydroxylation is 1. The highest BCUT2D eigenvalue weighted by atomic mass is 79.9. The van der Waals surface area contributed by atoms with Crippen LogP contribution in [0.2, 0.25) is 0 Å². The van der Waals surface area contributed by atoms with Gasteiger partial charge in [-0.3, -0.25) is 9.20 Å². The lowest BCUT2D eigenvalue weighted by molar-refractivity contribution is 0.949. The number of halogens is 1. The lowest BCUT2D eigenvalue weighted by atomic mass is 10.3. The fourth-order valence-electron chi connectivity index (χ4n) is 1.35. The van der Waals surface area contributed by atoms with Crippen LogP contribution in [0.3, 0.4) is 0 Å². The molecule has 72 valence electrons. The summed E-state index contributed by atoms with van der Waals surface area (Å²) in [5.41, 5.74) is 1.45. The molecule has 3 nitrogen and oxygen atoms in total. The Labute approximate surface area is 89.5 Å². The summed E-state index contributed by atoms with van der Waals surface area (Å²) in [6, 6.07) is 5.51. The molecule has 0 aromatic carbocycles. The van der Waals surface area contributed by atoms with Gasteiger partial charge in [0.15, 0.2) is 0 Å². The first-order chi connectivity index (χ1) is 6.74. The van der Waals surface area contributed by atoms with Gasteiger partial charge >= 0.3 is 0 Å². The summed E-state index contributed by atoms with van der Waals surface area (Å²) < 4.78 is 2.09. The highest BCUT2D eigenvalue weighted by Crippen LogP contribution is 2.11. The zero-order chi connectivity index (χ0) is 10.1. The smallest absolute Gasteiger partial charge is 0.268 e. The number of aromatic nitrogens is 2. The topological polar surface area (TPSA) is 34.4 Å². The first kappa shape index (κ1) is 9.40. The number of hydrogen-bond donors (Lipinski definition) is 0. The lowest BCUT2D eigenvalue weighted by Gasteiger charge is -2.03. The molecule has 2 aromatic heterocycles. The molecule has 0 aliphatic carbocycles. The standard InChI is InChI=1S/C10H9BrN2O/c1-2-7-9(11)10(14)13-6-4-3-5-8(13)12-7/h3-6H,2H2,1H3. The summed E-state index contributed by atoms with van der Waals surface area (Å²) >= 11 is 3.27. The summed E-state index contributed by atoms with van der Waals surface area (Å²) in [5, 5.41) is 0. The molecule has 0 saturated heterocycles. The van der Waals surface area contributed by atoms with Crippen molar-refractivity contribution in [3.63, 3.8) is 0 Å². The third kappa shape index (κ3) is 1.35. The number of pyridine rings is 1. The second-order valence-corrected chi connectivity index (χ2v) is 3.75. The molecule has 0 bridgehead atoms. The van der Waals surface area contributed by atoms with E-state index in [1.165, 1.54) is 4.40 Å². The summed E-state index contributed by atoms with van der Waals surface area (Å²) in [6.45, 7) is 1.98. The van der Waals surface area contributed by atoms with E-state index in [4.69, 9.17) is 0 Å². The largest absolute Gasteiger partial charge is 0.272 e. The van der Waals surface area contributed by atoms with Crippen molar-refractivity contribution in [1.82, 2.24) is 9.38 Å². The van der Waals surface area contributed by atoms with Crippen molar-refractivity contribution in [1.29, 1.82) is 0 Å². The minimum Gasteiger partial charge on any atom is -0.268 e. The molecule has 0 radical (unpaired) electrons. The van der Waals surface area contributed by atoms with E-state index in [1.54, 1.807) is 6.20 Å². The molecule has 0 saturated carbocycles. The average Bonchev–Trinajstić information content (AvgIpc) is 2.23. The van der Waals surface area contributed by atoms with Crippen LogP contribution < -0.4 is 5.56 Å². The lowest BCUT2D eigenvalue weighted by Crippen LogP contribution is -2.17. The van der Waals surface area contributed by atoms with Crippen LogP contribution >= 0.6 is 15.9 Å². The summed E-state index contributed by atoms with van der Waals surface area (Å²) in [7, 11) is 0. The second kappa shape index (κ2) is 3.53. The Hall–Kier alpha value is -1.16. The Kier molecular flexibility index (Phi) is 2.37. The molecule has 2 rings (SSSR count). The van der Waals surface area contributed by atoms with E-state index in [1.807, 2.05) is 25.1 Å². The van der Waals surface area contributed by atoms with E-state index in [2.05, 4.69) is 20.9 Å². The average molecular weight is 253 g/mol. The molecule has 0 fully saturated rings. The SMILES string of the molecule is CCc1nc2ccccn2c(=O)c1Br. The Balaban J connectivity index is 2.92. The Morgan fingerprint density at radius 1 is 1.50 bits per heavy atom. The molecule has 0 aliphatic heterocycles. The number of rotatable bonds is 1. The van der Waals surface area contributed by atoms with Crippen LogP contribution in [0.1, 0.15) is 12.6 Å². The maximum atomic E-state index is 11.8. The molecule has 0 N–H and O–H groups in total. The fraction of sp³-hybridized carbons (Fsp3) is 0.200. The predicted octanol–water partition coefficient (Wildman–Crippen LogP) is 2.02. The van der Waals surface area contributed by atoms with E-state index < -0.39 is 0 Å². The molecular formula is C10H9BrN2O. The summed E-state index contributed by atoms with van der Waals surface area (Å²) in [5.74, 6) is 0. The zero-order valence-electron chi connectivity index (χ0n) is 7.70.